The lowest BCUT2D eigenvalue weighted by Gasteiger charge is -2.23. The van der Waals surface area contributed by atoms with Gasteiger partial charge < -0.3 is 10.1 Å². The Bertz CT molecular complexity index is 895. The Morgan fingerprint density at radius 1 is 1.35 bits per heavy atom. The van der Waals surface area contributed by atoms with Gasteiger partial charge in [-0.15, -0.1) is 11.3 Å². The lowest BCUT2D eigenvalue weighted by Crippen LogP contribution is -2.39. The number of anilines is 1. The highest BCUT2D eigenvalue weighted by Gasteiger charge is 2.20. The van der Waals surface area contributed by atoms with E-state index in [2.05, 4.69) is 16.4 Å². The first-order valence-electron chi connectivity index (χ1n) is 8.17. The molecule has 136 valence electrons. The molecule has 0 aliphatic heterocycles. The molecule has 0 fully saturated rings. The maximum Gasteiger partial charge on any atom is 0.241 e. The third-order valence-corrected chi connectivity index (χ3v) is 5.50. The van der Waals surface area contributed by atoms with Crippen molar-refractivity contribution in [2.45, 2.75) is 19.5 Å². The number of thiazole rings is 1. The summed E-state index contributed by atoms with van der Waals surface area (Å²) >= 11 is 7.76. The molecule has 1 N–H and O–H groups in total. The predicted octanol–water partition coefficient (Wildman–Crippen LogP) is 4.42. The van der Waals surface area contributed by atoms with Crippen LogP contribution in [-0.4, -0.2) is 36.0 Å². The summed E-state index contributed by atoms with van der Waals surface area (Å²) in [5, 5.41) is 4.34. The number of nitrogens with zero attached hydrogens (tertiary/aromatic N) is 2. The van der Waals surface area contributed by atoms with Gasteiger partial charge in [-0.25, -0.2) is 4.98 Å². The van der Waals surface area contributed by atoms with Crippen LogP contribution in [0.25, 0.3) is 10.2 Å². The molecule has 0 saturated carbocycles. The number of carbonyl (C=O) groups excluding carboxylic acids is 1. The Balaban J connectivity index is 1.64. The fourth-order valence-electron chi connectivity index (χ4n) is 2.53. The molecule has 0 saturated heterocycles. The summed E-state index contributed by atoms with van der Waals surface area (Å²) in [4.78, 5) is 19.1. The van der Waals surface area contributed by atoms with Gasteiger partial charge in [0.2, 0.25) is 5.91 Å². The van der Waals surface area contributed by atoms with Crippen molar-refractivity contribution in [1.29, 1.82) is 0 Å². The quantitative estimate of drug-likeness (QED) is 0.678. The van der Waals surface area contributed by atoms with Gasteiger partial charge >= 0.3 is 0 Å². The Morgan fingerprint density at radius 3 is 2.81 bits per heavy atom. The minimum Gasteiger partial charge on any atom is -0.495 e. The van der Waals surface area contributed by atoms with Gasteiger partial charge in [-0.05, 0) is 44.3 Å². The largest absolute Gasteiger partial charge is 0.495 e. The number of ether oxygens (including phenoxy) is 1. The summed E-state index contributed by atoms with van der Waals surface area (Å²) in [6.45, 7) is 2.48. The summed E-state index contributed by atoms with van der Waals surface area (Å²) < 4.78 is 6.28. The summed E-state index contributed by atoms with van der Waals surface area (Å²) in [6, 6.07) is 12.9. The highest BCUT2D eigenvalue weighted by Crippen LogP contribution is 2.27. The number of likely N-dealkylation sites (N-methyl/N-ethyl adjacent to an activating group) is 1. The summed E-state index contributed by atoms with van der Waals surface area (Å²) in [5.41, 5.74) is 1.63. The molecule has 0 spiro atoms. The van der Waals surface area contributed by atoms with E-state index < -0.39 is 0 Å². The number of rotatable bonds is 6. The van der Waals surface area contributed by atoms with E-state index in [0.717, 1.165) is 15.2 Å². The van der Waals surface area contributed by atoms with Crippen molar-refractivity contribution in [2.24, 2.45) is 0 Å². The number of hydrogen-bond donors (Lipinski definition) is 1. The second-order valence-electron chi connectivity index (χ2n) is 6.00. The Hall–Kier alpha value is -2.15. The molecule has 0 aliphatic carbocycles. The average Bonchev–Trinajstić information content (AvgIpc) is 3.03. The molecule has 3 rings (SSSR count). The average molecular weight is 390 g/mol. The third-order valence-electron chi connectivity index (χ3n) is 4.18. The number of fused-ring (bicyclic) bond motifs is 1. The van der Waals surface area contributed by atoms with Gasteiger partial charge in [-0.3, -0.25) is 9.69 Å². The number of aromatic nitrogens is 1. The Morgan fingerprint density at radius 2 is 2.12 bits per heavy atom. The molecule has 0 bridgehead atoms. The van der Waals surface area contributed by atoms with Crippen molar-refractivity contribution in [2.75, 3.05) is 19.5 Å². The van der Waals surface area contributed by atoms with Gasteiger partial charge in [0.1, 0.15) is 10.8 Å². The summed E-state index contributed by atoms with van der Waals surface area (Å²) in [5.74, 6) is 0.473. The third kappa shape index (κ3) is 4.15. The molecule has 7 heteroatoms. The zero-order valence-electron chi connectivity index (χ0n) is 14.8. The lowest BCUT2D eigenvalue weighted by atomic mass is 10.2. The van der Waals surface area contributed by atoms with Gasteiger partial charge in [0.15, 0.2) is 0 Å². The maximum atomic E-state index is 12.5. The van der Waals surface area contributed by atoms with E-state index in [9.17, 15) is 4.79 Å². The van der Waals surface area contributed by atoms with E-state index in [1.807, 2.05) is 37.1 Å². The van der Waals surface area contributed by atoms with E-state index in [0.29, 0.717) is 23.0 Å². The number of methoxy groups -OCH3 is 1. The van der Waals surface area contributed by atoms with Crippen LogP contribution in [0.15, 0.2) is 42.5 Å². The topological polar surface area (TPSA) is 54.5 Å². The van der Waals surface area contributed by atoms with Crippen molar-refractivity contribution >= 4 is 44.7 Å². The molecule has 1 heterocycles. The molecule has 3 aromatic rings. The number of carbonyl (C=O) groups is 1. The summed E-state index contributed by atoms with van der Waals surface area (Å²) in [6.07, 6.45) is 0. The molecule has 1 amide bonds. The molecule has 1 unspecified atom stereocenters. The van der Waals surface area contributed by atoms with Crippen LogP contribution in [0.4, 0.5) is 5.69 Å². The van der Waals surface area contributed by atoms with Gasteiger partial charge in [-0.1, -0.05) is 23.7 Å². The monoisotopic (exact) mass is 389 g/mol. The fraction of sp³-hybridized carbons (Fsp3) is 0.263. The zero-order chi connectivity index (χ0) is 18.7. The van der Waals surface area contributed by atoms with E-state index in [-0.39, 0.29) is 11.9 Å². The van der Waals surface area contributed by atoms with Crippen LogP contribution in [0.3, 0.4) is 0 Å². The molecule has 0 aliphatic rings. The highest BCUT2D eigenvalue weighted by molar-refractivity contribution is 7.18. The molecule has 0 radical (unpaired) electrons. The normalized spacial score (nSPS) is 12.3. The van der Waals surface area contributed by atoms with E-state index in [4.69, 9.17) is 16.3 Å². The van der Waals surface area contributed by atoms with Crippen molar-refractivity contribution in [1.82, 2.24) is 9.88 Å². The van der Waals surface area contributed by atoms with Crippen LogP contribution >= 0.6 is 22.9 Å². The van der Waals surface area contributed by atoms with Gasteiger partial charge in [0, 0.05) is 5.69 Å². The number of nitrogens with one attached hydrogen (secondary N) is 1. The van der Waals surface area contributed by atoms with Crippen molar-refractivity contribution in [3.8, 4) is 5.75 Å². The lowest BCUT2D eigenvalue weighted by molar-refractivity contribution is -0.120. The first kappa shape index (κ1) is 18.6. The molecule has 5 nitrogen and oxygen atoms in total. The summed E-state index contributed by atoms with van der Waals surface area (Å²) in [7, 11) is 3.47. The van der Waals surface area contributed by atoms with Gasteiger partial charge in [0.25, 0.3) is 0 Å². The molecular weight excluding hydrogens is 370 g/mol. The van der Waals surface area contributed by atoms with Crippen molar-refractivity contribution < 1.29 is 9.53 Å². The number of halogens is 1. The molecule has 1 aromatic heterocycles. The van der Waals surface area contributed by atoms with E-state index >= 15 is 0 Å². The van der Waals surface area contributed by atoms with Crippen LogP contribution in [0.1, 0.15) is 11.9 Å². The van der Waals surface area contributed by atoms with Crippen molar-refractivity contribution in [3.05, 3.63) is 52.5 Å². The van der Waals surface area contributed by atoms with E-state index in [1.54, 1.807) is 36.6 Å². The maximum absolute atomic E-state index is 12.5. The second-order valence-corrected chi connectivity index (χ2v) is 7.53. The standard InChI is InChI=1S/C19H20ClN3O2S/c1-12(19(24)21-13-8-9-16(25-3)14(20)10-13)23(2)11-18-22-15-6-4-5-7-17(15)26-18/h4-10,12H,11H2,1-3H3,(H,21,24). The smallest absolute Gasteiger partial charge is 0.241 e. The van der Waals surface area contributed by atoms with Crippen LogP contribution in [0.5, 0.6) is 5.75 Å². The SMILES string of the molecule is COc1ccc(NC(=O)C(C)N(C)Cc2nc3ccccc3s2)cc1Cl. The highest BCUT2D eigenvalue weighted by atomic mass is 35.5. The number of benzene rings is 2. The van der Waals surface area contributed by atoms with E-state index in [1.165, 1.54) is 0 Å². The predicted molar refractivity (Wildman–Crippen MR) is 107 cm³/mol. The van der Waals surface area contributed by atoms with Crippen LogP contribution in [-0.2, 0) is 11.3 Å². The first-order chi connectivity index (χ1) is 12.5. The van der Waals surface area contributed by atoms with Gasteiger partial charge in [-0.2, -0.15) is 0 Å². The minimum atomic E-state index is -0.317. The van der Waals surface area contributed by atoms with Crippen molar-refractivity contribution in [3.63, 3.8) is 0 Å². The van der Waals surface area contributed by atoms with Crippen LogP contribution < -0.4 is 10.1 Å². The number of para-hydroxylation sites is 1. The zero-order valence-corrected chi connectivity index (χ0v) is 16.4. The van der Waals surface area contributed by atoms with Gasteiger partial charge in [0.05, 0.1) is 34.9 Å². The molecular formula is C19H20ClN3O2S. The number of amides is 1. The van der Waals surface area contributed by atoms with Crippen LogP contribution in [0, 0.1) is 0 Å². The molecule has 26 heavy (non-hydrogen) atoms. The number of hydrogen-bond acceptors (Lipinski definition) is 5. The Kier molecular flexibility index (Phi) is 5.76. The Labute approximate surface area is 161 Å². The fourth-order valence-corrected chi connectivity index (χ4v) is 3.82. The molecule has 2 aromatic carbocycles. The van der Waals surface area contributed by atoms with Crippen LogP contribution in [0.2, 0.25) is 5.02 Å². The second kappa shape index (κ2) is 8.03. The first-order valence-corrected chi connectivity index (χ1v) is 9.36. The molecule has 1 atom stereocenters. The minimum absolute atomic E-state index is 0.102.